The van der Waals surface area contributed by atoms with E-state index >= 15 is 0 Å². The van der Waals surface area contributed by atoms with Crippen LogP contribution < -0.4 is 15.4 Å². The van der Waals surface area contributed by atoms with Crippen LogP contribution in [0.15, 0.2) is 79.8 Å². The Morgan fingerprint density at radius 2 is 1.85 bits per heavy atom. The molecule has 4 rings (SSSR count). The number of imidazole rings is 1. The lowest BCUT2D eigenvalue weighted by molar-refractivity contribution is -0.119. The number of pyridine rings is 1. The van der Waals surface area contributed by atoms with Crippen LogP contribution in [0.3, 0.4) is 0 Å². The number of urea groups is 1. The van der Waals surface area contributed by atoms with Gasteiger partial charge >= 0.3 is 6.03 Å². The third-order valence-electron chi connectivity index (χ3n) is 5.55. The van der Waals surface area contributed by atoms with Crippen molar-refractivity contribution in [1.82, 2.24) is 19.9 Å². The van der Waals surface area contributed by atoms with Gasteiger partial charge in [0, 0.05) is 54.9 Å². The van der Waals surface area contributed by atoms with Gasteiger partial charge in [-0.2, -0.15) is 0 Å². The van der Waals surface area contributed by atoms with E-state index in [-0.39, 0.29) is 17.9 Å². The van der Waals surface area contributed by atoms with Gasteiger partial charge in [0.1, 0.15) is 17.4 Å². The summed E-state index contributed by atoms with van der Waals surface area (Å²) in [4.78, 5) is 32.6. The van der Waals surface area contributed by atoms with Crippen LogP contribution in [-0.4, -0.2) is 26.5 Å². The van der Waals surface area contributed by atoms with Gasteiger partial charge in [-0.1, -0.05) is 24.6 Å². The zero-order valence-corrected chi connectivity index (χ0v) is 21.4. The van der Waals surface area contributed by atoms with Crippen LogP contribution in [-0.2, 0) is 24.2 Å². The number of benzene rings is 2. The predicted molar refractivity (Wildman–Crippen MR) is 146 cm³/mol. The molecular weight excluding hydrogens is 516 g/mol. The highest BCUT2D eigenvalue weighted by Crippen LogP contribution is 2.27. The van der Waals surface area contributed by atoms with Gasteiger partial charge in [0.05, 0.1) is 13.0 Å². The molecular formula is C30H25F2N5O3. The molecule has 8 nitrogen and oxygen atoms in total. The van der Waals surface area contributed by atoms with Crippen LogP contribution in [0.2, 0.25) is 0 Å². The van der Waals surface area contributed by atoms with Crippen molar-refractivity contribution in [2.45, 2.75) is 25.8 Å². The fraction of sp³-hybridized carbons (Fsp3) is 0.133. The zero-order valence-electron chi connectivity index (χ0n) is 21.4. The Hall–Kier alpha value is -5.30. The standard InChI is InChI=1S/C30H25F2N5O3/c1-2-28-34-15-17-37(28)16-5-3-4-6-23-19-25(13-14-33-23)40-27-12-11-24(20-26(27)32)35-30(39)36-29(38)18-21-7-9-22(31)10-8-21/h2,7-15,17,19-20H,1,4,6,16,18H2,(H2,35,36,38,39). The first-order chi connectivity index (χ1) is 19.4. The zero-order chi connectivity index (χ0) is 28.3. The molecule has 0 atom stereocenters. The number of rotatable bonds is 9. The molecule has 40 heavy (non-hydrogen) atoms. The summed E-state index contributed by atoms with van der Waals surface area (Å²) >= 11 is 0. The van der Waals surface area contributed by atoms with E-state index in [2.05, 4.69) is 39.0 Å². The molecule has 0 radical (unpaired) electrons. The summed E-state index contributed by atoms with van der Waals surface area (Å²) in [7, 11) is 0. The Morgan fingerprint density at radius 3 is 2.62 bits per heavy atom. The summed E-state index contributed by atoms with van der Waals surface area (Å²) in [5.41, 5.74) is 1.41. The normalized spacial score (nSPS) is 10.2. The van der Waals surface area contributed by atoms with Gasteiger partial charge in [0.15, 0.2) is 11.6 Å². The summed E-state index contributed by atoms with van der Waals surface area (Å²) in [6.07, 6.45) is 7.82. The van der Waals surface area contributed by atoms with Crippen molar-refractivity contribution < 1.29 is 23.1 Å². The Balaban J connectivity index is 1.27. The third kappa shape index (κ3) is 8.10. The van der Waals surface area contributed by atoms with E-state index in [1.165, 1.54) is 36.4 Å². The molecule has 10 heteroatoms. The molecule has 2 N–H and O–H groups in total. The molecule has 0 aliphatic rings. The Bertz CT molecular complexity index is 1570. The van der Waals surface area contributed by atoms with E-state index in [0.29, 0.717) is 30.7 Å². The van der Waals surface area contributed by atoms with Gasteiger partial charge in [-0.05, 0) is 42.0 Å². The highest BCUT2D eigenvalue weighted by atomic mass is 19.1. The van der Waals surface area contributed by atoms with Crippen molar-refractivity contribution >= 4 is 23.7 Å². The lowest BCUT2D eigenvalue weighted by atomic mass is 10.1. The largest absolute Gasteiger partial charge is 0.454 e. The highest BCUT2D eigenvalue weighted by Gasteiger charge is 2.12. The van der Waals surface area contributed by atoms with Crippen LogP contribution in [0.4, 0.5) is 19.3 Å². The number of carbonyl (C=O) groups excluding carboxylic acids is 2. The summed E-state index contributed by atoms with van der Waals surface area (Å²) < 4.78 is 35.2. The Kier molecular flexibility index (Phi) is 9.35. The number of hydrogen-bond acceptors (Lipinski definition) is 5. The van der Waals surface area contributed by atoms with Crippen LogP contribution in [0, 0.1) is 23.5 Å². The van der Waals surface area contributed by atoms with Crippen molar-refractivity contribution in [2.24, 2.45) is 0 Å². The molecule has 0 fully saturated rings. The number of nitrogens with one attached hydrogen (secondary N) is 2. The summed E-state index contributed by atoms with van der Waals surface area (Å²) in [5, 5.41) is 4.55. The monoisotopic (exact) mass is 541 g/mol. The SMILES string of the molecule is C=Cc1nccn1CC#CCCc1cc(Oc2ccc(NC(=O)NC(=O)Cc3ccc(F)cc3)cc2F)ccn1. The molecule has 0 aliphatic carbocycles. The average molecular weight is 542 g/mol. The second-order valence-electron chi connectivity index (χ2n) is 8.51. The fourth-order valence-corrected chi connectivity index (χ4v) is 3.63. The molecule has 2 aromatic heterocycles. The summed E-state index contributed by atoms with van der Waals surface area (Å²) in [6.45, 7) is 4.23. The minimum absolute atomic E-state index is 0.0476. The van der Waals surface area contributed by atoms with E-state index in [0.717, 1.165) is 17.6 Å². The lowest BCUT2D eigenvalue weighted by Gasteiger charge is -2.10. The number of aromatic nitrogens is 3. The molecule has 3 amide bonds. The molecule has 0 spiro atoms. The number of carbonyl (C=O) groups is 2. The van der Waals surface area contributed by atoms with Gasteiger partial charge in [0.25, 0.3) is 0 Å². The first-order valence-electron chi connectivity index (χ1n) is 12.3. The second-order valence-corrected chi connectivity index (χ2v) is 8.51. The van der Waals surface area contributed by atoms with Gasteiger partial charge < -0.3 is 14.6 Å². The number of ether oxygens (including phenoxy) is 1. The van der Waals surface area contributed by atoms with Gasteiger partial charge in [-0.3, -0.25) is 15.1 Å². The maximum absolute atomic E-state index is 14.7. The maximum Gasteiger partial charge on any atom is 0.325 e. The molecule has 2 heterocycles. The summed E-state index contributed by atoms with van der Waals surface area (Å²) in [5.74, 6) is 5.57. The lowest BCUT2D eigenvalue weighted by Crippen LogP contribution is -2.35. The van der Waals surface area contributed by atoms with E-state index in [9.17, 15) is 18.4 Å². The van der Waals surface area contributed by atoms with Crippen LogP contribution >= 0.6 is 0 Å². The number of halogens is 2. The Labute approximate surface area is 229 Å². The van der Waals surface area contributed by atoms with Crippen molar-refractivity contribution in [3.8, 4) is 23.3 Å². The average Bonchev–Trinajstić information content (AvgIpc) is 3.39. The number of anilines is 1. The maximum atomic E-state index is 14.7. The van der Waals surface area contributed by atoms with Gasteiger partial charge in [-0.15, -0.1) is 5.92 Å². The first kappa shape index (κ1) is 27.7. The first-order valence-corrected chi connectivity index (χ1v) is 12.3. The highest BCUT2D eigenvalue weighted by molar-refractivity contribution is 6.01. The van der Waals surface area contributed by atoms with Crippen LogP contribution in [0.25, 0.3) is 6.08 Å². The van der Waals surface area contributed by atoms with Crippen LogP contribution in [0.5, 0.6) is 11.5 Å². The van der Waals surface area contributed by atoms with E-state index in [1.54, 1.807) is 30.6 Å². The molecule has 0 saturated carbocycles. The van der Waals surface area contributed by atoms with Crippen molar-refractivity contribution in [3.63, 3.8) is 0 Å². The van der Waals surface area contributed by atoms with Crippen molar-refractivity contribution in [3.05, 3.63) is 108 Å². The predicted octanol–water partition coefficient (Wildman–Crippen LogP) is 5.52. The third-order valence-corrected chi connectivity index (χ3v) is 5.55. The number of aryl methyl sites for hydroxylation is 1. The second kappa shape index (κ2) is 13.5. The van der Waals surface area contributed by atoms with E-state index in [1.807, 2.05) is 10.8 Å². The van der Waals surface area contributed by atoms with E-state index < -0.39 is 23.6 Å². The number of nitrogens with zero attached hydrogens (tertiary/aromatic N) is 3. The van der Waals surface area contributed by atoms with Gasteiger partial charge in [0.2, 0.25) is 5.91 Å². The number of imide groups is 1. The molecule has 2 aromatic carbocycles. The van der Waals surface area contributed by atoms with Crippen molar-refractivity contribution in [1.29, 1.82) is 0 Å². The van der Waals surface area contributed by atoms with Crippen LogP contribution in [0.1, 0.15) is 23.5 Å². The molecule has 202 valence electrons. The molecule has 0 bridgehead atoms. The topological polar surface area (TPSA) is 98.1 Å². The van der Waals surface area contributed by atoms with Crippen molar-refractivity contribution in [2.75, 3.05) is 5.32 Å². The molecule has 0 saturated heterocycles. The summed E-state index contributed by atoms with van der Waals surface area (Å²) in [6, 6.07) is 11.7. The minimum Gasteiger partial charge on any atom is -0.454 e. The molecule has 4 aromatic rings. The van der Waals surface area contributed by atoms with Gasteiger partial charge in [-0.25, -0.2) is 18.6 Å². The molecule has 0 aliphatic heterocycles. The number of hydrogen-bond donors (Lipinski definition) is 2. The fourth-order valence-electron chi connectivity index (χ4n) is 3.63. The van der Waals surface area contributed by atoms with E-state index in [4.69, 9.17) is 4.74 Å². The minimum atomic E-state index is -0.826. The smallest absolute Gasteiger partial charge is 0.325 e. The molecule has 0 unspecified atom stereocenters. The Morgan fingerprint density at radius 1 is 1.02 bits per heavy atom. The quantitative estimate of drug-likeness (QED) is 0.272. The number of amides is 3.